The Kier molecular flexibility index (Phi) is 6.85. The van der Waals surface area contributed by atoms with Crippen molar-refractivity contribution >= 4 is 23.4 Å². The first-order valence-electron chi connectivity index (χ1n) is 14.1. The first-order valence-corrected chi connectivity index (χ1v) is 14.1. The molecule has 40 heavy (non-hydrogen) atoms. The van der Waals surface area contributed by atoms with Gasteiger partial charge in [0.1, 0.15) is 17.2 Å². The van der Waals surface area contributed by atoms with E-state index >= 15 is 0 Å². The summed E-state index contributed by atoms with van der Waals surface area (Å²) in [6.45, 7) is 10.4. The van der Waals surface area contributed by atoms with Crippen LogP contribution in [0.5, 0.6) is 5.75 Å². The molecule has 2 N–H and O–H groups in total. The highest BCUT2D eigenvalue weighted by molar-refractivity contribution is 5.76. The second-order valence-corrected chi connectivity index (χ2v) is 11.8. The summed E-state index contributed by atoms with van der Waals surface area (Å²) in [7, 11) is 0. The van der Waals surface area contributed by atoms with Crippen molar-refractivity contribution in [2.75, 3.05) is 54.4 Å². The van der Waals surface area contributed by atoms with Crippen LogP contribution in [0.15, 0.2) is 48.7 Å². The van der Waals surface area contributed by atoms with Crippen LogP contribution in [0.25, 0.3) is 11.3 Å². The predicted octanol–water partition coefficient (Wildman–Crippen LogP) is 4.48. The smallest absolute Gasteiger partial charge is 0.410 e. The number of nitrogens with zero attached hydrogens (tertiary/aromatic N) is 6. The molecule has 0 aliphatic carbocycles. The molecule has 2 aromatic heterocycles. The van der Waals surface area contributed by atoms with Crippen LogP contribution in [-0.4, -0.2) is 82.2 Å². The number of ether oxygens (including phenoxy) is 1. The maximum absolute atomic E-state index is 12.4. The Hall–Kier alpha value is -4.08. The van der Waals surface area contributed by atoms with Crippen LogP contribution in [-0.2, 0) is 4.74 Å². The lowest BCUT2D eigenvalue weighted by molar-refractivity contribution is 0.0205. The summed E-state index contributed by atoms with van der Waals surface area (Å²) >= 11 is 0. The van der Waals surface area contributed by atoms with E-state index in [0.717, 1.165) is 56.3 Å². The quantitative estimate of drug-likeness (QED) is 0.494. The Morgan fingerprint density at radius 2 is 1.85 bits per heavy atom. The van der Waals surface area contributed by atoms with E-state index in [9.17, 15) is 9.90 Å². The number of aromatic hydroxyl groups is 1. The standard InChI is InChI=1S/C30H37N7O3/c1-30(2,3)40-29(39)35-12-10-20(11-13-35)21-8-9-27(31-17-21)36-14-15-37-22(19-36)18-32-28-25(37)16-24(33-34-28)23-6-4-5-7-26(23)38/h4-9,16-17,20,22,38H,10-15,18-19H2,1-3H3,(H,32,34)/t22-/m0/s1. The maximum atomic E-state index is 12.4. The molecule has 3 aliphatic heterocycles. The molecule has 5 heterocycles. The van der Waals surface area contributed by atoms with E-state index < -0.39 is 5.60 Å². The fourth-order valence-corrected chi connectivity index (χ4v) is 5.87. The lowest BCUT2D eigenvalue weighted by Gasteiger charge is -2.46. The van der Waals surface area contributed by atoms with E-state index in [4.69, 9.17) is 9.72 Å². The lowest BCUT2D eigenvalue weighted by Crippen LogP contribution is -2.58. The average Bonchev–Trinajstić information content (AvgIpc) is 2.96. The molecule has 0 unspecified atom stereocenters. The number of piperazine rings is 1. The zero-order chi connectivity index (χ0) is 27.9. The molecule has 1 amide bonds. The average molecular weight is 544 g/mol. The Bertz CT molecular complexity index is 1370. The zero-order valence-electron chi connectivity index (χ0n) is 23.4. The van der Waals surface area contributed by atoms with Crippen molar-refractivity contribution < 1.29 is 14.6 Å². The molecule has 3 aliphatic rings. The number of amides is 1. The van der Waals surface area contributed by atoms with Gasteiger partial charge in [0.05, 0.1) is 17.4 Å². The van der Waals surface area contributed by atoms with Gasteiger partial charge >= 0.3 is 6.09 Å². The van der Waals surface area contributed by atoms with E-state index in [1.54, 1.807) is 12.1 Å². The van der Waals surface area contributed by atoms with Gasteiger partial charge in [0.2, 0.25) is 0 Å². The third kappa shape index (κ3) is 5.35. The van der Waals surface area contributed by atoms with Crippen molar-refractivity contribution in [2.45, 2.75) is 51.2 Å². The van der Waals surface area contributed by atoms with Gasteiger partial charge < -0.3 is 29.9 Å². The van der Waals surface area contributed by atoms with E-state index in [1.807, 2.05) is 50.1 Å². The molecule has 3 aromatic rings. The summed E-state index contributed by atoms with van der Waals surface area (Å²) in [5.74, 6) is 2.37. The number of fused-ring (bicyclic) bond motifs is 3. The van der Waals surface area contributed by atoms with Crippen LogP contribution in [0.3, 0.4) is 0 Å². The highest BCUT2D eigenvalue weighted by atomic mass is 16.6. The number of benzene rings is 1. The van der Waals surface area contributed by atoms with Gasteiger partial charge in [-0.2, -0.15) is 0 Å². The lowest BCUT2D eigenvalue weighted by atomic mass is 9.90. The zero-order valence-corrected chi connectivity index (χ0v) is 23.4. The summed E-state index contributed by atoms with van der Waals surface area (Å²) in [4.78, 5) is 23.8. The van der Waals surface area contributed by atoms with Gasteiger partial charge in [-0.25, -0.2) is 9.78 Å². The molecule has 0 radical (unpaired) electrons. The molecule has 2 saturated heterocycles. The highest BCUT2D eigenvalue weighted by Crippen LogP contribution is 2.36. The number of piperidine rings is 1. The van der Waals surface area contributed by atoms with Crippen LogP contribution >= 0.6 is 0 Å². The van der Waals surface area contributed by atoms with Crippen molar-refractivity contribution in [2.24, 2.45) is 0 Å². The number of aromatic nitrogens is 3. The first kappa shape index (κ1) is 26.2. The third-order valence-corrected chi connectivity index (χ3v) is 7.96. The predicted molar refractivity (Wildman–Crippen MR) is 155 cm³/mol. The summed E-state index contributed by atoms with van der Waals surface area (Å²) < 4.78 is 5.53. The molecule has 210 valence electrons. The van der Waals surface area contributed by atoms with Crippen LogP contribution < -0.4 is 15.1 Å². The van der Waals surface area contributed by atoms with Gasteiger partial charge in [-0.05, 0) is 69.4 Å². The Morgan fingerprint density at radius 3 is 2.58 bits per heavy atom. The summed E-state index contributed by atoms with van der Waals surface area (Å²) in [6.07, 6.45) is 3.62. The van der Waals surface area contributed by atoms with E-state index in [0.29, 0.717) is 30.3 Å². The number of nitrogens with one attached hydrogen (secondary N) is 1. The number of carbonyl (C=O) groups excluding carboxylic acids is 1. The van der Waals surface area contributed by atoms with Crippen LogP contribution in [0.4, 0.5) is 22.1 Å². The number of hydrogen-bond acceptors (Lipinski definition) is 9. The minimum absolute atomic E-state index is 0.199. The molecule has 0 bridgehead atoms. The number of phenols is 1. The summed E-state index contributed by atoms with van der Waals surface area (Å²) in [5.41, 5.74) is 3.12. The van der Waals surface area contributed by atoms with Crippen molar-refractivity contribution in [1.82, 2.24) is 20.1 Å². The molecule has 1 aromatic carbocycles. The third-order valence-electron chi connectivity index (χ3n) is 7.96. The number of carbonyl (C=O) groups is 1. The van der Waals surface area contributed by atoms with Crippen molar-refractivity contribution in [3.63, 3.8) is 0 Å². The highest BCUT2D eigenvalue weighted by Gasteiger charge is 2.34. The van der Waals surface area contributed by atoms with Crippen molar-refractivity contribution in [3.8, 4) is 17.0 Å². The minimum atomic E-state index is -0.473. The Morgan fingerprint density at radius 1 is 1.05 bits per heavy atom. The fraction of sp³-hybridized carbons (Fsp3) is 0.467. The second-order valence-electron chi connectivity index (χ2n) is 11.8. The number of phenolic OH excluding ortho intramolecular Hbond substituents is 1. The topological polar surface area (TPSA) is 107 Å². The van der Waals surface area contributed by atoms with Gasteiger partial charge in [-0.1, -0.05) is 18.2 Å². The minimum Gasteiger partial charge on any atom is -0.507 e. The molecule has 6 rings (SSSR count). The molecule has 1 atom stereocenters. The Labute approximate surface area is 235 Å². The van der Waals surface area contributed by atoms with Crippen molar-refractivity contribution in [1.29, 1.82) is 0 Å². The van der Waals surface area contributed by atoms with Gasteiger partial charge in [0.15, 0.2) is 5.82 Å². The van der Waals surface area contributed by atoms with Gasteiger partial charge in [-0.3, -0.25) is 0 Å². The monoisotopic (exact) mass is 543 g/mol. The second kappa shape index (κ2) is 10.5. The SMILES string of the molecule is CC(C)(C)OC(=O)N1CCC(c2ccc(N3CCN4c5cc(-c6ccccc6O)nnc5NC[C@H]4C3)nc2)CC1. The largest absolute Gasteiger partial charge is 0.507 e. The van der Waals surface area contributed by atoms with Gasteiger partial charge in [-0.15, -0.1) is 10.2 Å². The number of rotatable bonds is 3. The molecular formula is C30H37N7O3. The van der Waals surface area contributed by atoms with E-state index in [2.05, 4.69) is 37.4 Å². The summed E-state index contributed by atoms with van der Waals surface area (Å²) in [5, 5.41) is 22.5. The molecule has 10 nitrogen and oxygen atoms in total. The van der Waals surface area contributed by atoms with Gasteiger partial charge in [0, 0.05) is 51.0 Å². The number of anilines is 3. The summed E-state index contributed by atoms with van der Waals surface area (Å²) in [6, 6.07) is 13.8. The fourth-order valence-electron chi connectivity index (χ4n) is 5.87. The molecule has 0 spiro atoms. The molecule has 10 heteroatoms. The van der Waals surface area contributed by atoms with Crippen molar-refractivity contribution in [3.05, 3.63) is 54.2 Å². The number of hydrogen-bond donors (Lipinski definition) is 2. The molecule has 2 fully saturated rings. The molecule has 0 saturated carbocycles. The van der Waals surface area contributed by atoms with Gasteiger partial charge in [0.25, 0.3) is 0 Å². The Balaban J connectivity index is 1.09. The van der Waals surface area contributed by atoms with E-state index in [1.165, 1.54) is 5.56 Å². The number of para-hydroxylation sites is 1. The number of likely N-dealkylation sites (tertiary alicyclic amines) is 1. The van der Waals surface area contributed by atoms with Crippen LogP contribution in [0.2, 0.25) is 0 Å². The molecular weight excluding hydrogens is 506 g/mol. The normalized spacial score (nSPS) is 19.5. The van der Waals surface area contributed by atoms with Crippen LogP contribution in [0.1, 0.15) is 45.1 Å². The van der Waals surface area contributed by atoms with Crippen LogP contribution in [0, 0.1) is 0 Å². The van der Waals surface area contributed by atoms with E-state index in [-0.39, 0.29) is 17.9 Å². The first-order chi connectivity index (χ1) is 19.2. The maximum Gasteiger partial charge on any atom is 0.410 e. The number of pyridine rings is 1.